The highest BCUT2D eigenvalue weighted by molar-refractivity contribution is 5.56. The van der Waals surface area contributed by atoms with E-state index >= 15 is 0 Å². The van der Waals surface area contributed by atoms with E-state index < -0.39 is 21.9 Å². The van der Waals surface area contributed by atoms with Crippen LogP contribution < -0.4 is 16.6 Å². The number of nitrogens with zero attached hydrogens (tertiary/aromatic N) is 3. The van der Waals surface area contributed by atoms with Crippen molar-refractivity contribution in [2.24, 2.45) is 7.05 Å². The van der Waals surface area contributed by atoms with Gasteiger partial charge in [0.05, 0.1) is 4.92 Å². The van der Waals surface area contributed by atoms with Crippen molar-refractivity contribution >= 4 is 11.5 Å². The van der Waals surface area contributed by atoms with Crippen molar-refractivity contribution in [3.8, 4) is 0 Å². The second kappa shape index (κ2) is 2.94. The molecule has 80 valence electrons. The Morgan fingerprint density at radius 2 is 2.13 bits per heavy atom. The molecular formula is C7H8N4O4. The summed E-state index contributed by atoms with van der Waals surface area (Å²) in [6.07, 6.45) is 0. The van der Waals surface area contributed by atoms with Gasteiger partial charge < -0.3 is 5.32 Å². The van der Waals surface area contributed by atoms with Crippen LogP contribution in [0, 0.1) is 10.1 Å². The fourth-order valence-corrected chi connectivity index (χ4v) is 1.59. The minimum Gasteiger partial charge on any atom is -0.364 e. The summed E-state index contributed by atoms with van der Waals surface area (Å²) < 4.78 is 1.94. The van der Waals surface area contributed by atoms with E-state index in [2.05, 4.69) is 5.32 Å². The fraction of sp³-hybridized carbons (Fsp3) is 0.429. The number of rotatable bonds is 1. The van der Waals surface area contributed by atoms with Crippen LogP contribution in [0.15, 0.2) is 9.59 Å². The smallest absolute Gasteiger partial charge is 0.364 e. The first-order valence-corrected chi connectivity index (χ1v) is 4.26. The SMILES string of the molecule is Cn1c(=O)c([N+](=O)[O-])c2n(c1=O)CCN2. The minimum absolute atomic E-state index is 0.00750. The molecule has 2 heterocycles. The first-order valence-electron chi connectivity index (χ1n) is 4.26. The number of anilines is 1. The highest BCUT2D eigenvalue weighted by Gasteiger charge is 2.29. The first-order chi connectivity index (χ1) is 7.04. The Morgan fingerprint density at radius 3 is 2.73 bits per heavy atom. The Balaban J connectivity index is 2.94. The van der Waals surface area contributed by atoms with Crippen LogP contribution in [0.1, 0.15) is 0 Å². The molecule has 8 heteroatoms. The van der Waals surface area contributed by atoms with Crippen LogP contribution in [0.4, 0.5) is 11.5 Å². The first kappa shape index (κ1) is 9.44. The average molecular weight is 212 g/mol. The number of nitrogens with one attached hydrogen (secondary N) is 1. The molecule has 0 atom stereocenters. The number of hydrogen-bond acceptors (Lipinski definition) is 5. The summed E-state index contributed by atoms with van der Waals surface area (Å²) in [6.45, 7) is 0.753. The average Bonchev–Trinajstić information content (AvgIpc) is 2.62. The van der Waals surface area contributed by atoms with Gasteiger partial charge in [0.2, 0.25) is 0 Å². The maximum absolute atomic E-state index is 11.5. The van der Waals surface area contributed by atoms with E-state index in [-0.39, 0.29) is 5.82 Å². The van der Waals surface area contributed by atoms with Crippen molar-refractivity contribution in [2.75, 3.05) is 11.9 Å². The maximum atomic E-state index is 11.5. The summed E-state index contributed by atoms with van der Waals surface area (Å²) in [5.74, 6) is 0.00750. The molecule has 0 saturated heterocycles. The molecule has 1 aliphatic heterocycles. The molecule has 1 N–H and O–H groups in total. The van der Waals surface area contributed by atoms with Crippen LogP contribution in [0.3, 0.4) is 0 Å². The van der Waals surface area contributed by atoms with Gasteiger partial charge in [-0.2, -0.15) is 0 Å². The predicted molar refractivity (Wildman–Crippen MR) is 51.1 cm³/mol. The van der Waals surface area contributed by atoms with Gasteiger partial charge in [-0.1, -0.05) is 0 Å². The van der Waals surface area contributed by atoms with Gasteiger partial charge in [-0.05, 0) is 0 Å². The molecule has 0 radical (unpaired) electrons. The summed E-state index contributed by atoms with van der Waals surface area (Å²) in [5, 5.41) is 13.3. The quantitative estimate of drug-likeness (QED) is 0.469. The third kappa shape index (κ3) is 1.14. The molecule has 8 nitrogen and oxygen atoms in total. The molecular weight excluding hydrogens is 204 g/mol. The van der Waals surface area contributed by atoms with E-state index in [1.165, 1.54) is 11.6 Å². The molecule has 1 aromatic rings. The van der Waals surface area contributed by atoms with Gasteiger partial charge in [-0.3, -0.25) is 24.0 Å². The normalized spacial score (nSPS) is 13.4. The molecule has 0 bridgehead atoms. The van der Waals surface area contributed by atoms with E-state index in [1.54, 1.807) is 0 Å². The Morgan fingerprint density at radius 1 is 1.47 bits per heavy atom. The van der Waals surface area contributed by atoms with Gasteiger partial charge in [0.1, 0.15) is 0 Å². The Bertz CT molecular complexity index is 555. The van der Waals surface area contributed by atoms with E-state index in [0.717, 1.165) is 4.57 Å². The lowest BCUT2D eigenvalue weighted by atomic mass is 10.4. The van der Waals surface area contributed by atoms with Gasteiger partial charge in [-0.15, -0.1) is 0 Å². The second-order valence-corrected chi connectivity index (χ2v) is 3.18. The fourth-order valence-electron chi connectivity index (χ4n) is 1.59. The van der Waals surface area contributed by atoms with Gasteiger partial charge in [-0.25, -0.2) is 4.79 Å². The van der Waals surface area contributed by atoms with Crippen molar-refractivity contribution in [3.63, 3.8) is 0 Å². The lowest BCUT2D eigenvalue weighted by Crippen LogP contribution is -2.38. The Hall–Kier alpha value is -2.12. The molecule has 0 saturated carbocycles. The largest absolute Gasteiger partial charge is 0.374 e. The molecule has 0 fully saturated rings. The summed E-state index contributed by atoms with van der Waals surface area (Å²) >= 11 is 0. The van der Waals surface area contributed by atoms with Crippen LogP contribution in [0.25, 0.3) is 0 Å². The zero-order chi connectivity index (χ0) is 11.2. The Labute approximate surface area is 82.9 Å². The summed E-state index contributed by atoms with van der Waals surface area (Å²) in [4.78, 5) is 32.9. The highest BCUT2D eigenvalue weighted by atomic mass is 16.6. The van der Waals surface area contributed by atoms with Crippen LogP contribution in [0.2, 0.25) is 0 Å². The topological polar surface area (TPSA) is 99.2 Å². The van der Waals surface area contributed by atoms with Crippen LogP contribution >= 0.6 is 0 Å². The number of aromatic nitrogens is 2. The van der Waals surface area contributed by atoms with E-state index in [9.17, 15) is 19.7 Å². The van der Waals surface area contributed by atoms with Crippen molar-refractivity contribution in [1.29, 1.82) is 0 Å². The molecule has 0 aromatic carbocycles. The lowest BCUT2D eigenvalue weighted by Gasteiger charge is -2.04. The maximum Gasteiger partial charge on any atom is 0.374 e. The third-order valence-electron chi connectivity index (χ3n) is 2.33. The van der Waals surface area contributed by atoms with Crippen molar-refractivity contribution < 1.29 is 4.92 Å². The summed E-state index contributed by atoms with van der Waals surface area (Å²) in [6, 6.07) is 0. The van der Waals surface area contributed by atoms with Crippen LogP contribution in [0.5, 0.6) is 0 Å². The van der Waals surface area contributed by atoms with Gasteiger partial charge in [0, 0.05) is 20.1 Å². The van der Waals surface area contributed by atoms with E-state index in [4.69, 9.17) is 0 Å². The molecule has 1 aromatic heterocycles. The van der Waals surface area contributed by atoms with Gasteiger partial charge >= 0.3 is 16.9 Å². The van der Waals surface area contributed by atoms with Crippen molar-refractivity contribution in [3.05, 3.63) is 31.0 Å². The second-order valence-electron chi connectivity index (χ2n) is 3.18. The molecule has 0 aliphatic carbocycles. The number of nitro groups is 1. The number of fused-ring (bicyclic) bond motifs is 1. The monoisotopic (exact) mass is 212 g/mol. The van der Waals surface area contributed by atoms with Gasteiger partial charge in [0.15, 0.2) is 5.82 Å². The van der Waals surface area contributed by atoms with E-state index in [1.807, 2.05) is 0 Å². The van der Waals surface area contributed by atoms with Crippen LogP contribution in [-0.2, 0) is 13.6 Å². The zero-order valence-corrected chi connectivity index (χ0v) is 7.89. The standard InChI is InChI=1S/C7H8N4O4/c1-9-6(12)4(11(14)15)5-8-2-3-10(5)7(9)13/h8H,2-3H2,1H3. The molecule has 15 heavy (non-hydrogen) atoms. The molecule has 1 aliphatic rings. The lowest BCUT2D eigenvalue weighted by molar-refractivity contribution is -0.385. The predicted octanol–water partition coefficient (Wildman–Crippen LogP) is -1.12. The minimum atomic E-state index is -0.884. The number of hydrogen-bond donors (Lipinski definition) is 1. The Kier molecular flexibility index (Phi) is 1.85. The zero-order valence-electron chi connectivity index (χ0n) is 7.89. The molecule has 2 rings (SSSR count). The van der Waals surface area contributed by atoms with Crippen molar-refractivity contribution in [1.82, 2.24) is 9.13 Å². The summed E-state index contributed by atoms with van der Waals surface area (Å²) in [7, 11) is 1.23. The molecule has 0 spiro atoms. The van der Waals surface area contributed by atoms with Crippen molar-refractivity contribution in [2.45, 2.75) is 6.54 Å². The molecule has 0 unspecified atom stereocenters. The summed E-state index contributed by atoms with van der Waals surface area (Å²) in [5.41, 5.74) is -1.99. The third-order valence-corrected chi connectivity index (χ3v) is 2.33. The van der Waals surface area contributed by atoms with E-state index in [0.29, 0.717) is 13.1 Å². The van der Waals surface area contributed by atoms with Gasteiger partial charge in [0.25, 0.3) is 0 Å². The highest BCUT2D eigenvalue weighted by Crippen LogP contribution is 2.20. The van der Waals surface area contributed by atoms with Crippen LogP contribution in [-0.4, -0.2) is 20.6 Å². The molecule has 0 amide bonds.